The van der Waals surface area contributed by atoms with Gasteiger partial charge in [0.05, 0.1) is 19.1 Å². The van der Waals surface area contributed by atoms with Crippen molar-refractivity contribution in [2.75, 3.05) is 7.11 Å². The van der Waals surface area contributed by atoms with Crippen LogP contribution in [-0.4, -0.2) is 19.2 Å². The second-order valence-electron chi connectivity index (χ2n) is 3.98. The van der Waals surface area contributed by atoms with Crippen LogP contribution in [0.3, 0.4) is 0 Å². The number of carbonyl (C=O) groups is 1. The maximum atomic E-state index is 11.3. The zero-order valence-corrected chi connectivity index (χ0v) is 10.2. The summed E-state index contributed by atoms with van der Waals surface area (Å²) in [5.74, 6) is 0.353. The van der Waals surface area contributed by atoms with E-state index in [1.807, 2.05) is 45.0 Å². The van der Waals surface area contributed by atoms with Gasteiger partial charge in [0.1, 0.15) is 5.75 Å². The van der Waals surface area contributed by atoms with Gasteiger partial charge in [-0.2, -0.15) is 0 Å². The van der Waals surface area contributed by atoms with Crippen LogP contribution in [0.15, 0.2) is 24.3 Å². The summed E-state index contributed by atoms with van der Waals surface area (Å²) in [6.07, 6.45) is 0.156. The van der Waals surface area contributed by atoms with Gasteiger partial charge in [0.2, 0.25) is 0 Å². The standard InChI is InChI=1S/C13H18O3/c1-9(2)16-12-7-5-11(6-8-12)10(3)13(14)15-4/h5-10H,1-4H3/t10-/m1/s1. The lowest BCUT2D eigenvalue weighted by atomic mass is 10.0. The predicted molar refractivity (Wildman–Crippen MR) is 62.6 cm³/mol. The molecule has 1 rings (SSSR count). The first-order valence-electron chi connectivity index (χ1n) is 5.39. The van der Waals surface area contributed by atoms with E-state index < -0.39 is 0 Å². The van der Waals surface area contributed by atoms with E-state index in [2.05, 4.69) is 0 Å². The number of rotatable bonds is 4. The molecule has 0 heterocycles. The Labute approximate surface area is 96.4 Å². The molecule has 0 aliphatic carbocycles. The molecular weight excluding hydrogens is 204 g/mol. The molecular formula is C13H18O3. The minimum Gasteiger partial charge on any atom is -0.491 e. The van der Waals surface area contributed by atoms with Gasteiger partial charge in [0.25, 0.3) is 0 Å². The fourth-order valence-electron chi connectivity index (χ4n) is 1.42. The Hall–Kier alpha value is -1.51. The van der Waals surface area contributed by atoms with Crippen molar-refractivity contribution < 1.29 is 14.3 Å². The zero-order chi connectivity index (χ0) is 12.1. The molecule has 1 atom stereocenters. The molecule has 0 aromatic heterocycles. The molecule has 0 aliphatic rings. The van der Waals surface area contributed by atoms with Crippen molar-refractivity contribution >= 4 is 5.97 Å². The first-order valence-corrected chi connectivity index (χ1v) is 5.39. The second kappa shape index (κ2) is 5.54. The molecule has 0 fully saturated rings. The molecule has 1 aromatic carbocycles. The molecule has 0 aliphatic heterocycles. The van der Waals surface area contributed by atoms with Crippen LogP contribution in [0.4, 0.5) is 0 Å². The molecule has 0 amide bonds. The molecule has 3 nitrogen and oxygen atoms in total. The van der Waals surface area contributed by atoms with Gasteiger partial charge >= 0.3 is 5.97 Å². The van der Waals surface area contributed by atoms with Crippen molar-refractivity contribution in [1.29, 1.82) is 0 Å². The third-order valence-corrected chi connectivity index (χ3v) is 2.31. The van der Waals surface area contributed by atoms with Crippen LogP contribution < -0.4 is 4.74 Å². The van der Waals surface area contributed by atoms with Crippen LogP contribution >= 0.6 is 0 Å². The minimum absolute atomic E-state index is 0.156. The fourth-order valence-corrected chi connectivity index (χ4v) is 1.42. The van der Waals surface area contributed by atoms with Crippen molar-refractivity contribution in [3.8, 4) is 5.75 Å². The average molecular weight is 222 g/mol. The molecule has 0 unspecified atom stereocenters. The van der Waals surface area contributed by atoms with E-state index in [1.165, 1.54) is 7.11 Å². The Bertz CT molecular complexity index is 341. The van der Waals surface area contributed by atoms with Crippen molar-refractivity contribution in [3.05, 3.63) is 29.8 Å². The molecule has 0 radical (unpaired) electrons. The third-order valence-electron chi connectivity index (χ3n) is 2.31. The maximum absolute atomic E-state index is 11.3. The first-order chi connectivity index (χ1) is 7.54. The Balaban J connectivity index is 2.74. The highest BCUT2D eigenvalue weighted by atomic mass is 16.5. The van der Waals surface area contributed by atoms with Crippen molar-refractivity contribution in [2.24, 2.45) is 0 Å². The average Bonchev–Trinajstić information content (AvgIpc) is 2.27. The highest BCUT2D eigenvalue weighted by Gasteiger charge is 2.15. The number of benzene rings is 1. The van der Waals surface area contributed by atoms with Crippen molar-refractivity contribution in [3.63, 3.8) is 0 Å². The topological polar surface area (TPSA) is 35.5 Å². The van der Waals surface area contributed by atoms with E-state index >= 15 is 0 Å². The van der Waals surface area contributed by atoms with E-state index in [0.717, 1.165) is 11.3 Å². The largest absolute Gasteiger partial charge is 0.491 e. The molecule has 0 bridgehead atoms. The second-order valence-corrected chi connectivity index (χ2v) is 3.98. The van der Waals surface area contributed by atoms with E-state index in [4.69, 9.17) is 9.47 Å². The van der Waals surface area contributed by atoms with E-state index in [0.29, 0.717) is 0 Å². The van der Waals surface area contributed by atoms with E-state index in [1.54, 1.807) is 0 Å². The number of ether oxygens (including phenoxy) is 2. The molecule has 0 N–H and O–H groups in total. The number of carbonyl (C=O) groups excluding carboxylic acids is 1. The summed E-state index contributed by atoms with van der Waals surface area (Å²) >= 11 is 0. The predicted octanol–water partition coefficient (Wildman–Crippen LogP) is 2.75. The van der Waals surface area contributed by atoms with Crippen LogP contribution in [0, 0.1) is 0 Å². The van der Waals surface area contributed by atoms with Crippen LogP contribution in [0.1, 0.15) is 32.3 Å². The van der Waals surface area contributed by atoms with E-state index in [9.17, 15) is 4.79 Å². The summed E-state index contributed by atoms with van der Waals surface area (Å²) in [6.45, 7) is 5.78. The smallest absolute Gasteiger partial charge is 0.312 e. The molecule has 88 valence electrons. The molecule has 0 saturated carbocycles. The third kappa shape index (κ3) is 3.26. The minimum atomic E-state index is -0.238. The lowest BCUT2D eigenvalue weighted by Gasteiger charge is -2.12. The number of hydrogen-bond acceptors (Lipinski definition) is 3. The molecule has 0 spiro atoms. The summed E-state index contributed by atoms with van der Waals surface area (Å²) in [5.41, 5.74) is 0.933. The van der Waals surface area contributed by atoms with Crippen molar-refractivity contribution in [2.45, 2.75) is 32.8 Å². The van der Waals surface area contributed by atoms with Crippen LogP contribution in [0.2, 0.25) is 0 Å². The van der Waals surface area contributed by atoms with Gasteiger partial charge in [-0.15, -0.1) is 0 Å². The maximum Gasteiger partial charge on any atom is 0.312 e. The fraction of sp³-hybridized carbons (Fsp3) is 0.462. The number of hydrogen-bond donors (Lipinski definition) is 0. The van der Waals surface area contributed by atoms with Gasteiger partial charge in [-0.05, 0) is 38.5 Å². The van der Waals surface area contributed by atoms with Gasteiger partial charge in [-0.3, -0.25) is 4.79 Å². The quantitative estimate of drug-likeness (QED) is 0.735. The van der Waals surface area contributed by atoms with Gasteiger partial charge < -0.3 is 9.47 Å². The highest BCUT2D eigenvalue weighted by molar-refractivity contribution is 5.77. The van der Waals surface area contributed by atoms with Crippen molar-refractivity contribution in [1.82, 2.24) is 0 Å². The lowest BCUT2D eigenvalue weighted by molar-refractivity contribution is -0.141. The lowest BCUT2D eigenvalue weighted by Crippen LogP contribution is -2.11. The number of methoxy groups -OCH3 is 1. The number of esters is 1. The summed E-state index contributed by atoms with van der Waals surface area (Å²) in [7, 11) is 1.40. The molecule has 16 heavy (non-hydrogen) atoms. The normalized spacial score (nSPS) is 12.3. The Morgan fingerprint density at radius 1 is 1.12 bits per heavy atom. The zero-order valence-electron chi connectivity index (χ0n) is 10.2. The summed E-state index contributed by atoms with van der Waals surface area (Å²) in [6, 6.07) is 7.52. The Kier molecular flexibility index (Phi) is 4.35. The van der Waals surface area contributed by atoms with E-state index in [-0.39, 0.29) is 18.0 Å². The molecule has 1 aromatic rings. The molecule has 3 heteroatoms. The SMILES string of the molecule is COC(=O)[C@H](C)c1ccc(OC(C)C)cc1. The Morgan fingerprint density at radius 2 is 1.69 bits per heavy atom. The molecule has 0 saturated heterocycles. The van der Waals surface area contributed by atoms with Gasteiger partial charge in [0.15, 0.2) is 0 Å². The summed E-state index contributed by atoms with van der Waals surface area (Å²) in [4.78, 5) is 11.3. The summed E-state index contributed by atoms with van der Waals surface area (Å²) < 4.78 is 10.2. The monoisotopic (exact) mass is 222 g/mol. The van der Waals surface area contributed by atoms with Crippen LogP contribution in [-0.2, 0) is 9.53 Å². The van der Waals surface area contributed by atoms with Gasteiger partial charge in [0, 0.05) is 0 Å². The Morgan fingerprint density at radius 3 is 2.12 bits per heavy atom. The van der Waals surface area contributed by atoms with Gasteiger partial charge in [-0.1, -0.05) is 12.1 Å². The van der Waals surface area contributed by atoms with Gasteiger partial charge in [-0.25, -0.2) is 0 Å². The first kappa shape index (κ1) is 12.6. The summed E-state index contributed by atoms with van der Waals surface area (Å²) in [5, 5.41) is 0. The highest BCUT2D eigenvalue weighted by Crippen LogP contribution is 2.20. The van der Waals surface area contributed by atoms with Crippen LogP contribution in [0.25, 0.3) is 0 Å². The van der Waals surface area contributed by atoms with Crippen LogP contribution in [0.5, 0.6) is 5.75 Å².